The minimum atomic E-state index is 0.456. The van der Waals surface area contributed by atoms with Crippen LogP contribution in [0.3, 0.4) is 0 Å². The third-order valence-electron chi connectivity index (χ3n) is 2.38. The second kappa shape index (κ2) is 6.09. The van der Waals surface area contributed by atoms with E-state index in [0.29, 0.717) is 5.92 Å². The monoisotopic (exact) mass is 239 g/mol. The molecule has 1 heterocycles. The number of hydrogen-bond acceptors (Lipinski definition) is 4. The number of anilines is 1. The van der Waals surface area contributed by atoms with E-state index in [1.54, 1.807) is 11.8 Å². The normalized spacial score (nSPS) is 10.9. The Bertz CT molecular complexity index is 350. The van der Waals surface area contributed by atoms with Crippen LogP contribution < -0.4 is 5.32 Å². The minimum Gasteiger partial charge on any atom is -0.370 e. The molecule has 0 fully saturated rings. The number of hydrogen-bond donors (Lipinski definition) is 1. The third kappa shape index (κ3) is 3.11. The van der Waals surface area contributed by atoms with E-state index in [0.717, 1.165) is 29.6 Å². The van der Waals surface area contributed by atoms with Gasteiger partial charge in [-0.1, -0.05) is 13.8 Å². The first kappa shape index (κ1) is 13.3. The molecule has 1 rings (SSSR count). The maximum absolute atomic E-state index is 4.59. The van der Waals surface area contributed by atoms with Gasteiger partial charge in [0.25, 0.3) is 0 Å². The Hall–Kier alpha value is -0.770. The number of aryl methyl sites for hydroxylation is 1. The summed E-state index contributed by atoms with van der Waals surface area (Å²) in [6.07, 6.45) is 2.07. The summed E-state index contributed by atoms with van der Waals surface area (Å²) in [5.41, 5.74) is 2.34. The summed E-state index contributed by atoms with van der Waals surface area (Å²) in [4.78, 5) is 9.15. The number of thioether (sulfide) groups is 1. The van der Waals surface area contributed by atoms with Crippen molar-refractivity contribution in [3.63, 3.8) is 0 Å². The van der Waals surface area contributed by atoms with Crippen LogP contribution in [0.2, 0.25) is 0 Å². The topological polar surface area (TPSA) is 37.8 Å². The van der Waals surface area contributed by atoms with Gasteiger partial charge in [-0.3, -0.25) is 0 Å². The van der Waals surface area contributed by atoms with Crippen LogP contribution in [0.15, 0.2) is 0 Å². The molecule has 0 aliphatic heterocycles. The molecule has 0 saturated carbocycles. The van der Waals surface area contributed by atoms with Crippen molar-refractivity contribution >= 4 is 17.6 Å². The fraction of sp³-hybridized carbons (Fsp3) is 0.667. The molecule has 0 aliphatic carbocycles. The molecule has 1 N–H and O–H groups in total. The predicted octanol–water partition coefficient (Wildman–Crippen LogP) is 3.20. The third-order valence-corrected chi connectivity index (χ3v) is 2.92. The molecule has 16 heavy (non-hydrogen) atoms. The predicted molar refractivity (Wildman–Crippen MR) is 72.2 cm³/mol. The average molecular weight is 239 g/mol. The van der Waals surface area contributed by atoms with E-state index >= 15 is 0 Å². The van der Waals surface area contributed by atoms with Crippen molar-refractivity contribution in [2.75, 3.05) is 18.1 Å². The summed E-state index contributed by atoms with van der Waals surface area (Å²) in [5, 5.41) is 3.34. The lowest BCUT2D eigenvalue weighted by molar-refractivity contribution is 0.818. The average Bonchev–Trinajstić information content (AvgIpc) is 2.17. The molecule has 0 bridgehead atoms. The van der Waals surface area contributed by atoms with E-state index in [4.69, 9.17) is 0 Å². The summed E-state index contributed by atoms with van der Waals surface area (Å²) < 4.78 is 0. The van der Waals surface area contributed by atoms with Gasteiger partial charge in [0, 0.05) is 17.8 Å². The minimum absolute atomic E-state index is 0.456. The van der Waals surface area contributed by atoms with Gasteiger partial charge in [-0.2, -0.15) is 11.8 Å². The van der Waals surface area contributed by atoms with Gasteiger partial charge in [0.05, 0.1) is 5.75 Å². The molecule has 0 atom stereocenters. The lowest BCUT2D eigenvalue weighted by Crippen LogP contribution is -2.10. The van der Waals surface area contributed by atoms with Crippen LogP contribution in [-0.2, 0) is 5.75 Å². The van der Waals surface area contributed by atoms with Gasteiger partial charge in [0.15, 0.2) is 0 Å². The number of aromatic nitrogens is 2. The standard InChI is InChI=1S/C12H21N3S/c1-6-13-12-11(8(2)3)9(4)14-10(15-12)7-16-5/h8H,6-7H2,1-5H3,(H,13,14,15). The molecule has 0 amide bonds. The van der Waals surface area contributed by atoms with Crippen molar-refractivity contribution in [3.05, 3.63) is 17.1 Å². The zero-order valence-electron chi connectivity index (χ0n) is 10.8. The highest BCUT2D eigenvalue weighted by molar-refractivity contribution is 7.97. The van der Waals surface area contributed by atoms with Crippen molar-refractivity contribution in [2.24, 2.45) is 0 Å². The first-order valence-corrected chi connectivity index (χ1v) is 7.09. The van der Waals surface area contributed by atoms with Gasteiger partial charge in [-0.15, -0.1) is 0 Å². The summed E-state index contributed by atoms with van der Waals surface area (Å²) in [6, 6.07) is 0. The Balaban J connectivity index is 3.16. The van der Waals surface area contributed by atoms with Gasteiger partial charge in [-0.25, -0.2) is 9.97 Å². The Kier molecular flexibility index (Phi) is 5.06. The van der Waals surface area contributed by atoms with E-state index in [2.05, 4.69) is 49.2 Å². The molecule has 0 aromatic carbocycles. The smallest absolute Gasteiger partial charge is 0.140 e. The van der Waals surface area contributed by atoms with Crippen molar-refractivity contribution < 1.29 is 0 Å². The van der Waals surface area contributed by atoms with E-state index in [-0.39, 0.29) is 0 Å². The van der Waals surface area contributed by atoms with Crippen molar-refractivity contribution in [1.82, 2.24) is 9.97 Å². The highest BCUT2D eigenvalue weighted by Crippen LogP contribution is 2.25. The maximum Gasteiger partial charge on any atom is 0.140 e. The Morgan fingerprint density at radius 2 is 2.00 bits per heavy atom. The summed E-state index contributed by atoms with van der Waals surface area (Å²) in [5.74, 6) is 3.26. The summed E-state index contributed by atoms with van der Waals surface area (Å²) >= 11 is 1.75. The molecule has 0 spiro atoms. The maximum atomic E-state index is 4.59. The molecule has 1 aromatic rings. The zero-order chi connectivity index (χ0) is 12.1. The van der Waals surface area contributed by atoms with Crippen LogP contribution in [0, 0.1) is 6.92 Å². The van der Waals surface area contributed by atoms with E-state index in [1.807, 2.05) is 0 Å². The largest absolute Gasteiger partial charge is 0.370 e. The molecular formula is C12H21N3S. The Labute approximate surface area is 102 Å². The number of nitrogens with one attached hydrogen (secondary N) is 1. The SMILES string of the molecule is CCNc1nc(CSC)nc(C)c1C(C)C. The lowest BCUT2D eigenvalue weighted by atomic mass is 10.0. The second-order valence-electron chi connectivity index (χ2n) is 4.11. The van der Waals surface area contributed by atoms with Gasteiger partial charge in [0.1, 0.15) is 11.6 Å². The summed E-state index contributed by atoms with van der Waals surface area (Å²) in [6.45, 7) is 9.42. The zero-order valence-corrected chi connectivity index (χ0v) is 11.6. The van der Waals surface area contributed by atoms with Crippen molar-refractivity contribution in [2.45, 2.75) is 39.4 Å². The fourth-order valence-electron chi connectivity index (χ4n) is 1.83. The quantitative estimate of drug-likeness (QED) is 0.856. The highest BCUT2D eigenvalue weighted by atomic mass is 32.2. The van der Waals surface area contributed by atoms with Crippen LogP contribution in [0.1, 0.15) is 43.8 Å². The van der Waals surface area contributed by atoms with Crippen molar-refractivity contribution in [1.29, 1.82) is 0 Å². The van der Waals surface area contributed by atoms with Crippen LogP contribution >= 0.6 is 11.8 Å². The molecule has 4 heteroatoms. The molecule has 0 aliphatic rings. The molecule has 0 unspecified atom stereocenters. The Morgan fingerprint density at radius 3 is 2.50 bits per heavy atom. The van der Waals surface area contributed by atoms with E-state index in [1.165, 1.54) is 5.56 Å². The molecule has 0 saturated heterocycles. The van der Waals surface area contributed by atoms with Gasteiger partial charge in [-0.05, 0) is 26.0 Å². The summed E-state index contributed by atoms with van der Waals surface area (Å²) in [7, 11) is 0. The number of rotatable bonds is 5. The van der Waals surface area contributed by atoms with Crippen LogP contribution in [0.5, 0.6) is 0 Å². The van der Waals surface area contributed by atoms with Crippen LogP contribution in [0.4, 0.5) is 5.82 Å². The molecule has 1 aromatic heterocycles. The van der Waals surface area contributed by atoms with Gasteiger partial charge in [0.2, 0.25) is 0 Å². The first-order chi connectivity index (χ1) is 7.60. The van der Waals surface area contributed by atoms with Gasteiger partial charge < -0.3 is 5.32 Å². The van der Waals surface area contributed by atoms with E-state index in [9.17, 15) is 0 Å². The lowest BCUT2D eigenvalue weighted by Gasteiger charge is -2.16. The molecule has 3 nitrogen and oxygen atoms in total. The second-order valence-corrected chi connectivity index (χ2v) is 4.97. The van der Waals surface area contributed by atoms with Crippen LogP contribution in [0.25, 0.3) is 0 Å². The molecule has 0 radical (unpaired) electrons. The first-order valence-electron chi connectivity index (χ1n) is 5.70. The van der Waals surface area contributed by atoms with E-state index < -0.39 is 0 Å². The Morgan fingerprint density at radius 1 is 1.31 bits per heavy atom. The van der Waals surface area contributed by atoms with Crippen molar-refractivity contribution in [3.8, 4) is 0 Å². The van der Waals surface area contributed by atoms with Crippen LogP contribution in [-0.4, -0.2) is 22.8 Å². The number of nitrogens with zero attached hydrogens (tertiary/aromatic N) is 2. The molecular weight excluding hydrogens is 218 g/mol. The fourth-order valence-corrected chi connectivity index (χ4v) is 2.21. The molecule has 90 valence electrons. The highest BCUT2D eigenvalue weighted by Gasteiger charge is 2.13. The van der Waals surface area contributed by atoms with Gasteiger partial charge >= 0.3 is 0 Å².